The second-order valence-electron chi connectivity index (χ2n) is 6.37. The third-order valence-corrected chi connectivity index (χ3v) is 3.85. The van der Waals surface area contributed by atoms with Crippen molar-refractivity contribution >= 4 is 17.4 Å². The predicted molar refractivity (Wildman–Crippen MR) is 91.4 cm³/mol. The lowest BCUT2D eigenvalue weighted by Gasteiger charge is -2.27. The molecule has 0 aromatic carbocycles. The molecule has 1 aromatic heterocycles. The largest absolute Gasteiger partial charge is 0.462 e. The first-order chi connectivity index (χ1) is 11.4. The fourth-order valence-corrected chi connectivity index (χ4v) is 2.62. The number of nitrogens with zero attached hydrogens (tertiary/aromatic N) is 2. The SMILES string of the molecule is CC(C)(C)OC(=O)N(CCCNCc1nccs1)CC1=COCO1. The number of hydrogen-bond donors (Lipinski definition) is 1. The lowest BCUT2D eigenvalue weighted by atomic mass is 10.2. The predicted octanol–water partition coefficient (Wildman–Crippen LogP) is 2.71. The molecule has 0 spiro atoms. The van der Waals surface area contributed by atoms with Gasteiger partial charge in [-0.1, -0.05) is 0 Å². The van der Waals surface area contributed by atoms with Crippen LogP contribution in [0.25, 0.3) is 0 Å². The van der Waals surface area contributed by atoms with Crippen LogP contribution in [0.1, 0.15) is 32.2 Å². The average Bonchev–Trinajstić information content (AvgIpc) is 3.17. The van der Waals surface area contributed by atoms with Gasteiger partial charge in [-0.3, -0.25) is 0 Å². The molecule has 24 heavy (non-hydrogen) atoms. The Balaban J connectivity index is 1.77. The molecule has 0 bridgehead atoms. The summed E-state index contributed by atoms with van der Waals surface area (Å²) < 4.78 is 15.8. The van der Waals surface area contributed by atoms with Crippen LogP contribution in [0, 0.1) is 0 Å². The molecule has 0 unspecified atom stereocenters. The van der Waals surface area contributed by atoms with Crippen LogP contribution in [0.5, 0.6) is 0 Å². The third kappa shape index (κ3) is 6.76. The maximum atomic E-state index is 12.3. The fraction of sp³-hybridized carbons (Fsp3) is 0.625. The normalized spacial score (nSPS) is 13.9. The van der Waals surface area contributed by atoms with Crippen LogP contribution in [0.4, 0.5) is 4.79 Å². The van der Waals surface area contributed by atoms with Crippen LogP contribution < -0.4 is 5.32 Å². The topological polar surface area (TPSA) is 72.9 Å². The van der Waals surface area contributed by atoms with Crippen molar-refractivity contribution in [3.8, 4) is 0 Å². The number of hydrogen-bond acceptors (Lipinski definition) is 7. The quantitative estimate of drug-likeness (QED) is 0.723. The van der Waals surface area contributed by atoms with Crippen LogP contribution in [0.2, 0.25) is 0 Å². The number of ether oxygens (including phenoxy) is 3. The van der Waals surface area contributed by atoms with E-state index in [2.05, 4.69) is 10.3 Å². The molecule has 2 rings (SSSR count). The van der Waals surface area contributed by atoms with Crippen LogP contribution >= 0.6 is 11.3 Å². The minimum atomic E-state index is -0.528. The second-order valence-corrected chi connectivity index (χ2v) is 7.35. The van der Waals surface area contributed by atoms with Crippen LogP contribution in [-0.2, 0) is 20.8 Å². The number of nitrogens with one attached hydrogen (secondary N) is 1. The van der Waals surface area contributed by atoms with Gasteiger partial charge >= 0.3 is 6.09 Å². The maximum Gasteiger partial charge on any atom is 0.410 e. The first-order valence-electron chi connectivity index (χ1n) is 7.94. The van der Waals surface area contributed by atoms with Crippen molar-refractivity contribution in [2.45, 2.75) is 39.3 Å². The molecule has 1 amide bonds. The summed E-state index contributed by atoms with van der Waals surface area (Å²) in [7, 11) is 0. The van der Waals surface area contributed by atoms with E-state index in [9.17, 15) is 4.79 Å². The zero-order chi connectivity index (χ0) is 17.4. The summed E-state index contributed by atoms with van der Waals surface area (Å²) in [6, 6.07) is 0. The van der Waals surface area contributed by atoms with Crippen molar-refractivity contribution in [3.05, 3.63) is 28.6 Å². The van der Waals surface area contributed by atoms with Gasteiger partial charge in [0.25, 0.3) is 0 Å². The van der Waals surface area contributed by atoms with Crippen molar-refractivity contribution in [2.75, 3.05) is 26.4 Å². The van der Waals surface area contributed by atoms with Gasteiger partial charge < -0.3 is 24.4 Å². The Kier molecular flexibility index (Phi) is 6.86. The van der Waals surface area contributed by atoms with Gasteiger partial charge in [-0.05, 0) is 33.7 Å². The van der Waals surface area contributed by atoms with E-state index in [0.29, 0.717) is 18.8 Å². The molecule has 1 N–H and O–H groups in total. The zero-order valence-electron chi connectivity index (χ0n) is 14.4. The van der Waals surface area contributed by atoms with Crippen molar-refractivity contribution in [1.29, 1.82) is 0 Å². The Morgan fingerprint density at radius 1 is 1.50 bits per heavy atom. The summed E-state index contributed by atoms with van der Waals surface area (Å²) in [4.78, 5) is 18.2. The first-order valence-corrected chi connectivity index (χ1v) is 8.82. The van der Waals surface area contributed by atoms with Crippen molar-refractivity contribution in [2.24, 2.45) is 0 Å². The lowest BCUT2D eigenvalue weighted by Crippen LogP contribution is -2.39. The van der Waals surface area contributed by atoms with E-state index < -0.39 is 5.60 Å². The number of carbonyl (C=O) groups is 1. The van der Waals surface area contributed by atoms with Gasteiger partial charge in [0, 0.05) is 24.7 Å². The van der Waals surface area contributed by atoms with E-state index in [1.54, 1.807) is 22.4 Å². The molecule has 1 aliphatic heterocycles. The Morgan fingerprint density at radius 2 is 2.33 bits per heavy atom. The molecule has 0 saturated heterocycles. The van der Waals surface area contributed by atoms with E-state index in [0.717, 1.165) is 24.5 Å². The molecule has 1 aliphatic rings. The Labute approximate surface area is 146 Å². The summed E-state index contributed by atoms with van der Waals surface area (Å²) in [5, 5.41) is 6.34. The zero-order valence-corrected chi connectivity index (χ0v) is 15.2. The molecule has 0 atom stereocenters. The monoisotopic (exact) mass is 355 g/mol. The summed E-state index contributed by atoms with van der Waals surface area (Å²) in [6.45, 7) is 8.21. The first kappa shape index (κ1) is 18.5. The molecule has 8 heteroatoms. The van der Waals surface area contributed by atoms with Crippen LogP contribution in [-0.4, -0.2) is 48.0 Å². The van der Waals surface area contributed by atoms with Gasteiger partial charge in [-0.15, -0.1) is 11.3 Å². The highest BCUT2D eigenvalue weighted by Gasteiger charge is 2.24. The van der Waals surface area contributed by atoms with Gasteiger partial charge in [0.15, 0.2) is 5.76 Å². The van der Waals surface area contributed by atoms with Crippen molar-refractivity contribution in [3.63, 3.8) is 0 Å². The number of carbonyl (C=O) groups excluding carboxylic acids is 1. The highest BCUT2D eigenvalue weighted by molar-refractivity contribution is 7.09. The van der Waals surface area contributed by atoms with Gasteiger partial charge in [0.1, 0.15) is 16.9 Å². The highest BCUT2D eigenvalue weighted by atomic mass is 32.1. The molecule has 134 valence electrons. The smallest absolute Gasteiger partial charge is 0.410 e. The van der Waals surface area contributed by atoms with E-state index in [-0.39, 0.29) is 12.9 Å². The van der Waals surface area contributed by atoms with Gasteiger partial charge in [-0.25, -0.2) is 9.78 Å². The third-order valence-electron chi connectivity index (χ3n) is 3.07. The molecular weight excluding hydrogens is 330 g/mol. The van der Waals surface area contributed by atoms with E-state index in [4.69, 9.17) is 14.2 Å². The average molecular weight is 355 g/mol. The molecule has 0 aliphatic carbocycles. The molecular formula is C16H25N3O4S. The van der Waals surface area contributed by atoms with Crippen molar-refractivity contribution < 1.29 is 19.0 Å². The lowest BCUT2D eigenvalue weighted by molar-refractivity contribution is 0.0212. The van der Waals surface area contributed by atoms with Gasteiger partial charge in [0.2, 0.25) is 6.79 Å². The number of thiazole rings is 1. The Morgan fingerprint density at radius 3 is 2.96 bits per heavy atom. The summed E-state index contributed by atoms with van der Waals surface area (Å²) in [5.41, 5.74) is -0.528. The summed E-state index contributed by atoms with van der Waals surface area (Å²) >= 11 is 1.62. The van der Waals surface area contributed by atoms with Crippen molar-refractivity contribution in [1.82, 2.24) is 15.2 Å². The molecule has 0 fully saturated rings. The molecule has 2 heterocycles. The molecule has 7 nitrogen and oxygen atoms in total. The second kappa shape index (κ2) is 8.89. The Hall–Kier alpha value is -1.80. The highest BCUT2D eigenvalue weighted by Crippen LogP contribution is 2.14. The van der Waals surface area contributed by atoms with Gasteiger partial charge in [0.05, 0.1) is 6.54 Å². The van der Waals surface area contributed by atoms with E-state index >= 15 is 0 Å². The molecule has 1 aromatic rings. The number of aromatic nitrogens is 1. The minimum Gasteiger partial charge on any atom is -0.462 e. The standard InChI is InChI=1S/C16H25N3O4S/c1-16(2,3)23-15(20)19(10-13-11-21-12-22-13)7-4-5-17-9-14-18-6-8-24-14/h6,8,11,17H,4-5,7,9-10,12H2,1-3H3. The van der Waals surface area contributed by atoms with Gasteiger partial charge in [-0.2, -0.15) is 0 Å². The minimum absolute atomic E-state index is 0.201. The van der Waals surface area contributed by atoms with Crippen LogP contribution in [0.15, 0.2) is 23.6 Å². The van der Waals surface area contributed by atoms with Crippen LogP contribution in [0.3, 0.4) is 0 Å². The number of amides is 1. The Bertz CT molecular complexity index is 540. The van der Waals surface area contributed by atoms with E-state index in [1.165, 1.54) is 6.26 Å². The molecule has 0 saturated carbocycles. The number of rotatable bonds is 8. The molecule has 0 radical (unpaired) electrons. The van der Waals surface area contributed by atoms with E-state index in [1.807, 2.05) is 26.2 Å². The maximum absolute atomic E-state index is 12.3. The summed E-state index contributed by atoms with van der Waals surface area (Å²) in [5.74, 6) is 0.636. The summed E-state index contributed by atoms with van der Waals surface area (Å²) in [6.07, 6.45) is 3.79. The fourth-order valence-electron chi connectivity index (χ4n) is 2.03.